The highest BCUT2D eigenvalue weighted by Gasteiger charge is 2.24. The molecule has 0 atom stereocenters. The Bertz CT molecular complexity index is 1880. The molecule has 8 heteroatoms. The highest BCUT2D eigenvalue weighted by Crippen LogP contribution is 2.52. The molecular formula is C40H49FO3S4. The molecule has 0 aliphatic carbocycles. The smallest absolute Gasteiger partial charge is 0.211 e. The molecule has 258 valence electrons. The molecule has 48 heavy (non-hydrogen) atoms. The van der Waals surface area contributed by atoms with E-state index >= 15 is 4.39 Å². The van der Waals surface area contributed by atoms with E-state index in [9.17, 15) is 0 Å². The van der Waals surface area contributed by atoms with Crippen molar-refractivity contribution in [2.75, 3.05) is 19.8 Å². The molecule has 0 saturated carbocycles. The Morgan fingerprint density at radius 2 is 1.25 bits per heavy atom. The molecule has 3 nitrogen and oxygen atoms in total. The molecule has 0 spiro atoms. The van der Waals surface area contributed by atoms with Gasteiger partial charge in [-0.1, -0.05) is 89.4 Å². The lowest BCUT2D eigenvalue weighted by Gasteiger charge is -2.16. The van der Waals surface area contributed by atoms with Gasteiger partial charge in [-0.25, -0.2) is 4.39 Å². The van der Waals surface area contributed by atoms with Crippen molar-refractivity contribution in [2.24, 2.45) is 0 Å². The molecule has 6 rings (SSSR count). The van der Waals surface area contributed by atoms with Crippen molar-refractivity contribution in [1.82, 2.24) is 0 Å². The Hall–Kier alpha value is -2.39. The minimum Gasteiger partial charge on any atom is -0.492 e. The molecule has 0 radical (unpaired) electrons. The SMILES string of the molecule is CCCCCCCCOc1c2cc3sc(-c4sc(C)c5sc(OCC)c(F)c45)cc3cc2c(OCCCCCCCC)c2sc(C)cc12. The van der Waals surface area contributed by atoms with Gasteiger partial charge >= 0.3 is 0 Å². The van der Waals surface area contributed by atoms with Crippen molar-refractivity contribution in [1.29, 1.82) is 0 Å². The molecule has 0 unspecified atom stereocenters. The Morgan fingerprint density at radius 3 is 1.94 bits per heavy atom. The zero-order valence-electron chi connectivity index (χ0n) is 29.2. The van der Waals surface area contributed by atoms with Gasteiger partial charge in [0.15, 0.2) is 5.82 Å². The Kier molecular flexibility index (Phi) is 12.2. The molecule has 0 saturated heterocycles. The molecule has 0 bridgehead atoms. The lowest BCUT2D eigenvalue weighted by molar-refractivity contribution is 0.306. The van der Waals surface area contributed by atoms with Gasteiger partial charge in [0.1, 0.15) is 11.5 Å². The molecule has 0 amide bonds. The summed E-state index contributed by atoms with van der Waals surface area (Å²) in [4.78, 5) is 4.47. The molecular weight excluding hydrogens is 676 g/mol. The van der Waals surface area contributed by atoms with Gasteiger partial charge in [0, 0.05) is 35.5 Å². The summed E-state index contributed by atoms with van der Waals surface area (Å²) in [5, 5.41) is 5.62. The molecule has 6 aromatic rings. The first kappa shape index (κ1) is 35.4. The van der Waals surface area contributed by atoms with E-state index in [0.717, 1.165) is 65.2 Å². The molecule has 2 aromatic carbocycles. The second-order valence-corrected chi connectivity index (χ2v) is 17.4. The van der Waals surface area contributed by atoms with Gasteiger partial charge in [0.2, 0.25) is 5.06 Å². The summed E-state index contributed by atoms with van der Waals surface area (Å²) >= 11 is 6.64. The first-order valence-corrected chi connectivity index (χ1v) is 21.2. The Morgan fingerprint density at radius 1 is 0.604 bits per heavy atom. The lowest BCUT2D eigenvalue weighted by Crippen LogP contribution is -2.01. The monoisotopic (exact) mass is 724 g/mol. The molecule has 4 aromatic heterocycles. The van der Waals surface area contributed by atoms with Gasteiger partial charge in [-0.15, -0.1) is 34.0 Å². The molecule has 4 heterocycles. The van der Waals surface area contributed by atoms with Crippen molar-refractivity contribution in [3.05, 3.63) is 39.8 Å². The van der Waals surface area contributed by atoms with Crippen LogP contribution in [0, 0.1) is 19.7 Å². The summed E-state index contributed by atoms with van der Waals surface area (Å²) in [5.74, 6) is 1.72. The number of hydrogen-bond donors (Lipinski definition) is 0. The second-order valence-electron chi connectivity index (χ2n) is 12.9. The number of unbranched alkanes of at least 4 members (excludes halogenated alkanes) is 10. The van der Waals surface area contributed by atoms with E-state index in [1.54, 1.807) is 34.0 Å². The predicted octanol–water partition coefficient (Wildman–Crippen LogP) is 14.8. The zero-order valence-corrected chi connectivity index (χ0v) is 32.4. The maximum Gasteiger partial charge on any atom is 0.211 e. The molecule has 0 N–H and O–H groups in total. The Labute approximate surface area is 301 Å². The summed E-state index contributed by atoms with van der Waals surface area (Å²) in [5.41, 5.74) is 0. The van der Waals surface area contributed by atoms with E-state index in [4.69, 9.17) is 14.2 Å². The number of aryl methyl sites for hydroxylation is 2. The quantitative estimate of drug-likeness (QED) is 0.0779. The van der Waals surface area contributed by atoms with Crippen LogP contribution in [0.25, 0.3) is 50.8 Å². The summed E-state index contributed by atoms with van der Waals surface area (Å²) in [7, 11) is 0. The average Bonchev–Trinajstić information content (AvgIpc) is 3.83. The van der Waals surface area contributed by atoms with Crippen molar-refractivity contribution in [3.63, 3.8) is 0 Å². The van der Waals surface area contributed by atoms with Crippen LogP contribution in [0.4, 0.5) is 4.39 Å². The van der Waals surface area contributed by atoms with Crippen LogP contribution in [0.2, 0.25) is 0 Å². The third-order valence-electron chi connectivity index (χ3n) is 9.06. The van der Waals surface area contributed by atoms with E-state index in [1.165, 1.54) is 89.8 Å². The number of halogens is 1. The van der Waals surface area contributed by atoms with Gasteiger partial charge in [0.25, 0.3) is 0 Å². The fourth-order valence-corrected chi connectivity index (χ4v) is 11.2. The lowest BCUT2D eigenvalue weighted by atomic mass is 10.0. The van der Waals surface area contributed by atoms with E-state index in [1.807, 2.05) is 6.92 Å². The minimum absolute atomic E-state index is 0.231. The predicted molar refractivity (Wildman–Crippen MR) is 212 cm³/mol. The average molecular weight is 725 g/mol. The normalized spacial score (nSPS) is 12.0. The number of benzene rings is 2. The van der Waals surface area contributed by atoms with Crippen molar-refractivity contribution in [2.45, 2.75) is 112 Å². The summed E-state index contributed by atoms with van der Waals surface area (Å²) in [6, 6.07) is 9.10. The van der Waals surface area contributed by atoms with Gasteiger partial charge in [-0.3, -0.25) is 0 Å². The summed E-state index contributed by atoms with van der Waals surface area (Å²) in [6.07, 6.45) is 14.8. The van der Waals surface area contributed by atoms with E-state index in [-0.39, 0.29) is 5.82 Å². The van der Waals surface area contributed by atoms with E-state index < -0.39 is 0 Å². The van der Waals surface area contributed by atoms with Crippen LogP contribution < -0.4 is 14.2 Å². The van der Waals surface area contributed by atoms with Gasteiger partial charge in [-0.2, -0.15) is 0 Å². The topological polar surface area (TPSA) is 27.7 Å². The van der Waals surface area contributed by atoms with Crippen molar-refractivity contribution >= 4 is 86.4 Å². The van der Waals surface area contributed by atoms with Crippen LogP contribution in [-0.4, -0.2) is 19.8 Å². The maximum atomic E-state index is 15.7. The van der Waals surface area contributed by atoms with Crippen molar-refractivity contribution in [3.8, 4) is 26.3 Å². The number of ether oxygens (including phenoxy) is 3. The molecule has 0 aliphatic rings. The number of hydrogen-bond acceptors (Lipinski definition) is 7. The van der Waals surface area contributed by atoms with Gasteiger partial charge in [-0.05, 0) is 63.3 Å². The summed E-state index contributed by atoms with van der Waals surface area (Å²) in [6.45, 7) is 12.6. The van der Waals surface area contributed by atoms with Crippen LogP contribution in [0.1, 0.15) is 108 Å². The van der Waals surface area contributed by atoms with E-state index in [0.29, 0.717) is 30.3 Å². The van der Waals surface area contributed by atoms with Gasteiger partial charge < -0.3 is 14.2 Å². The number of thiophene rings is 4. The second kappa shape index (κ2) is 16.5. The third-order valence-corrected chi connectivity index (χ3v) is 13.8. The van der Waals surface area contributed by atoms with Crippen LogP contribution in [-0.2, 0) is 0 Å². The van der Waals surface area contributed by atoms with E-state index in [2.05, 4.69) is 52.0 Å². The van der Waals surface area contributed by atoms with Gasteiger partial charge in [0.05, 0.1) is 39.5 Å². The number of rotatable bonds is 19. The zero-order chi connectivity index (χ0) is 33.6. The molecule has 0 fully saturated rings. The van der Waals surface area contributed by atoms with Crippen LogP contribution >= 0.6 is 45.3 Å². The van der Waals surface area contributed by atoms with Crippen LogP contribution in [0.3, 0.4) is 0 Å². The highest BCUT2D eigenvalue weighted by molar-refractivity contribution is 7.30. The fraction of sp³-hybridized carbons (Fsp3) is 0.500. The fourth-order valence-electron chi connectivity index (χ4n) is 6.59. The van der Waals surface area contributed by atoms with Crippen molar-refractivity contribution < 1.29 is 18.6 Å². The minimum atomic E-state index is -0.231. The number of fused-ring (bicyclic) bond motifs is 4. The first-order valence-electron chi connectivity index (χ1n) is 18.0. The summed E-state index contributed by atoms with van der Waals surface area (Å²) < 4.78 is 38.1. The maximum absolute atomic E-state index is 15.7. The standard InChI is InChI=1S/C40H49FO3S4/c1-6-9-11-13-15-17-19-43-35-29-24-31-27(23-32(47-31)39-33-34(41)40(42-8-3)48-37(33)26(5)46-39)22-28(29)36(38-30(35)21-25(4)45-38)44-20-18-16-14-12-10-7-2/h21-24H,6-20H2,1-5H3. The van der Waals surface area contributed by atoms with Crippen LogP contribution in [0.5, 0.6) is 16.6 Å². The Balaban J connectivity index is 1.40. The highest BCUT2D eigenvalue weighted by atomic mass is 32.1. The third kappa shape index (κ3) is 7.52. The van der Waals surface area contributed by atoms with Crippen LogP contribution in [0.15, 0.2) is 24.3 Å². The first-order chi connectivity index (χ1) is 23.4. The largest absolute Gasteiger partial charge is 0.492 e. The molecule has 0 aliphatic heterocycles.